The van der Waals surface area contributed by atoms with Gasteiger partial charge in [0.15, 0.2) is 11.7 Å². The van der Waals surface area contributed by atoms with Crippen LogP contribution in [0.2, 0.25) is 0 Å². The minimum absolute atomic E-state index is 0.0228. The van der Waals surface area contributed by atoms with Gasteiger partial charge in [-0.2, -0.15) is 32.1 Å². The minimum Gasteiger partial charge on any atom is -0.288 e. The van der Waals surface area contributed by atoms with Gasteiger partial charge in [-0.15, -0.1) is 0 Å². The lowest BCUT2D eigenvalue weighted by Crippen LogP contribution is -2.50. The van der Waals surface area contributed by atoms with E-state index in [1.807, 2.05) is 0 Å². The Hall–Kier alpha value is -2.46. The molecule has 0 radical (unpaired) electrons. The Balaban J connectivity index is 1.77. The van der Waals surface area contributed by atoms with E-state index in [1.54, 1.807) is 6.92 Å². The van der Waals surface area contributed by atoms with E-state index in [1.165, 1.54) is 11.0 Å². The van der Waals surface area contributed by atoms with Crippen LogP contribution < -0.4 is 4.90 Å². The highest BCUT2D eigenvalue weighted by Crippen LogP contribution is 2.48. The quantitative estimate of drug-likeness (QED) is 0.752. The molecule has 2 aromatic heterocycles. The van der Waals surface area contributed by atoms with E-state index in [0.29, 0.717) is 10.4 Å². The smallest absolute Gasteiger partial charge is 0.288 e. The summed E-state index contributed by atoms with van der Waals surface area (Å²) >= 11 is 0. The van der Waals surface area contributed by atoms with Gasteiger partial charge in [-0.25, -0.2) is 9.36 Å². The van der Waals surface area contributed by atoms with Gasteiger partial charge in [0, 0.05) is 18.3 Å². The van der Waals surface area contributed by atoms with Gasteiger partial charge in [-0.3, -0.25) is 9.69 Å². The number of anilines is 1. The van der Waals surface area contributed by atoms with Gasteiger partial charge in [-0.1, -0.05) is 0 Å². The summed E-state index contributed by atoms with van der Waals surface area (Å²) in [5.41, 5.74) is 0.100. The fourth-order valence-corrected chi connectivity index (χ4v) is 3.61. The fraction of sp³-hybridized carbons (Fsp3) is 0.562. The SMILES string of the molecule is Cc1cc2n(n1)[C@@H](C(F)(F)F)C[C@H](C1CC1)N2C(=O)c1ccn(C(F)F)n1. The molecule has 11 heteroatoms. The highest BCUT2D eigenvalue weighted by molar-refractivity contribution is 6.05. The molecule has 0 unspecified atom stereocenters. The molecule has 6 nitrogen and oxygen atoms in total. The molecule has 0 saturated heterocycles. The van der Waals surface area contributed by atoms with Gasteiger partial charge < -0.3 is 0 Å². The largest absolute Gasteiger partial charge is 0.410 e. The lowest BCUT2D eigenvalue weighted by molar-refractivity contribution is -0.174. The van der Waals surface area contributed by atoms with Crippen LogP contribution in [0.3, 0.4) is 0 Å². The van der Waals surface area contributed by atoms with E-state index in [2.05, 4.69) is 10.2 Å². The molecule has 1 fully saturated rings. The predicted molar refractivity (Wildman–Crippen MR) is 83.5 cm³/mol. The van der Waals surface area contributed by atoms with Crippen molar-refractivity contribution >= 4 is 11.7 Å². The van der Waals surface area contributed by atoms with Crippen molar-refractivity contribution in [1.29, 1.82) is 0 Å². The Morgan fingerprint density at radius 1 is 1.26 bits per heavy atom. The molecule has 1 aliphatic heterocycles. The third-order valence-electron chi connectivity index (χ3n) is 4.97. The summed E-state index contributed by atoms with van der Waals surface area (Å²) in [5, 5.41) is 7.50. The molecule has 27 heavy (non-hydrogen) atoms. The molecule has 1 saturated carbocycles. The van der Waals surface area contributed by atoms with Crippen LogP contribution in [-0.2, 0) is 0 Å². The van der Waals surface area contributed by atoms with E-state index < -0.39 is 30.7 Å². The summed E-state index contributed by atoms with van der Waals surface area (Å²) in [4.78, 5) is 14.2. The number of hydrogen-bond donors (Lipinski definition) is 0. The molecular formula is C16H16F5N5O. The van der Waals surface area contributed by atoms with Gasteiger partial charge in [0.05, 0.1) is 5.69 Å². The molecule has 146 valence electrons. The van der Waals surface area contributed by atoms with Crippen molar-refractivity contribution in [1.82, 2.24) is 19.6 Å². The van der Waals surface area contributed by atoms with E-state index in [0.717, 1.165) is 29.8 Å². The average Bonchev–Trinajstić information content (AvgIpc) is 3.15. The number of aryl methyl sites for hydroxylation is 1. The average molecular weight is 389 g/mol. The number of carbonyl (C=O) groups excluding carboxylic acids is 1. The number of carbonyl (C=O) groups is 1. The number of fused-ring (bicyclic) bond motifs is 1. The maximum atomic E-state index is 13.6. The molecule has 2 aromatic rings. The maximum Gasteiger partial charge on any atom is 0.410 e. The molecule has 0 bridgehead atoms. The number of aromatic nitrogens is 4. The monoisotopic (exact) mass is 389 g/mol. The first kappa shape index (κ1) is 17.9. The van der Waals surface area contributed by atoms with Crippen LogP contribution in [0, 0.1) is 12.8 Å². The van der Waals surface area contributed by atoms with Gasteiger partial charge in [0.2, 0.25) is 0 Å². The van der Waals surface area contributed by atoms with Gasteiger partial charge in [-0.05, 0) is 38.2 Å². The summed E-state index contributed by atoms with van der Waals surface area (Å²) in [6.45, 7) is -1.37. The summed E-state index contributed by atoms with van der Waals surface area (Å²) in [5.74, 6) is -0.734. The standard InChI is InChI=1S/C16H16F5N5O/c1-8-6-13-25(14(27)10-4-5-24(23-10)15(17)18)11(9-2-3-9)7-12(16(19,20)21)26(13)22-8/h4-6,9,11-12,15H,2-3,7H2,1H3/t11-,12-/m1/s1. The lowest BCUT2D eigenvalue weighted by Gasteiger charge is -2.40. The molecule has 0 aromatic carbocycles. The van der Waals surface area contributed by atoms with Crippen molar-refractivity contribution in [2.45, 2.75) is 51.0 Å². The number of halogens is 5. The molecule has 2 atom stereocenters. The zero-order valence-corrected chi connectivity index (χ0v) is 14.2. The Labute approximate surface area is 150 Å². The Morgan fingerprint density at radius 2 is 1.96 bits per heavy atom. The zero-order chi connectivity index (χ0) is 19.5. The molecule has 2 aliphatic rings. The first-order valence-corrected chi connectivity index (χ1v) is 8.46. The number of rotatable bonds is 3. The van der Waals surface area contributed by atoms with Crippen molar-refractivity contribution in [2.24, 2.45) is 5.92 Å². The van der Waals surface area contributed by atoms with E-state index in [4.69, 9.17) is 0 Å². The number of alkyl halides is 5. The molecule has 0 N–H and O–H groups in total. The fourth-order valence-electron chi connectivity index (χ4n) is 3.61. The van der Waals surface area contributed by atoms with E-state index >= 15 is 0 Å². The lowest BCUT2D eigenvalue weighted by atomic mass is 9.97. The summed E-state index contributed by atoms with van der Waals surface area (Å²) in [6.07, 6.45) is -2.42. The second-order valence-corrected chi connectivity index (χ2v) is 6.92. The first-order chi connectivity index (χ1) is 12.7. The second-order valence-electron chi connectivity index (χ2n) is 6.92. The van der Waals surface area contributed by atoms with Crippen LogP contribution in [0.4, 0.5) is 27.8 Å². The van der Waals surface area contributed by atoms with Gasteiger partial charge >= 0.3 is 12.7 Å². The highest BCUT2D eigenvalue weighted by atomic mass is 19.4. The molecule has 0 spiro atoms. The predicted octanol–water partition coefficient (Wildman–Crippen LogP) is 3.72. The molecular weight excluding hydrogens is 373 g/mol. The van der Waals surface area contributed by atoms with Gasteiger partial charge in [0.25, 0.3) is 5.91 Å². The van der Waals surface area contributed by atoms with Crippen molar-refractivity contribution in [3.8, 4) is 0 Å². The number of hydrogen-bond acceptors (Lipinski definition) is 3. The van der Waals surface area contributed by atoms with Crippen LogP contribution in [0.1, 0.15) is 48.0 Å². The van der Waals surface area contributed by atoms with Crippen molar-refractivity contribution in [3.05, 3.63) is 29.7 Å². The second kappa shape index (κ2) is 6.03. The normalized spacial score (nSPS) is 23.0. The van der Waals surface area contributed by atoms with Crippen molar-refractivity contribution < 1.29 is 26.7 Å². The van der Waals surface area contributed by atoms with Crippen LogP contribution in [0.15, 0.2) is 18.3 Å². The zero-order valence-electron chi connectivity index (χ0n) is 14.2. The summed E-state index contributed by atoms with van der Waals surface area (Å²) in [6, 6.07) is 0.0517. The Morgan fingerprint density at radius 3 is 2.52 bits per heavy atom. The summed E-state index contributed by atoms with van der Waals surface area (Å²) < 4.78 is 67.4. The first-order valence-electron chi connectivity index (χ1n) is 8.46. The van der Waals surface area contributed by atoms with Crippen molar-refractivity contribution in [2.75, 3.05) is 4.90 Å². The van der Waals surface area contributed by atoms with Crippen LogP contribution in [0.25, 0.3) is 0 Å². The topological polar surface area (TPSA) is 56.0 Å². The highest BCUT2D eigenvalue weighted by Gasteiger charge is 2.52. The van der Waals surface area contributed by atoms with E-state index in [-0.39, 0.29) is 23.9 Å². The maximum absolute atomic E-state index is 13.6. The number of nitrogens with zero attached hydrogens (tertiary/aromatic N) is 5. The Bertz CT molecular complexity index is 869. The van der Waals surface area contributed by atoms with Crippen LogP contribution in [0.5, 0.6) is 0 Å². The molecule has 1 amide bonds. The third-order valence-corrected chi connectivity index (χ3v) is 4.97. The van der Waals surface area contributed by atoms with Crippen LogP contribution >= 0.6 is 0 Å². The van der Waals surface area contributed by atoms with Crippen LogP contribution in [-0.4, -0.2) is 37.7 Å². The Kier molecular flexibility index (Phi) is 4.00. The minimum atomic E-state index is -4.51. The molecule has 4 rings (SSSR count). The van der Waals surface area contributed by atoms with E-state index in [9.17, 15) is 26.7 Å². The number of amides is 1. The summed E-state index contributed by atoms with van der Waals surface area (Å²) in [7, 11) is 0. The molecule has 3 heterocycles. The van der Waals surface area contributed by atoms with Crippen molar-refractivity contribution in [3.63, 3.8) is 0 Å². The van der Waals surface area contributed by atoms with Gasteiger partial charge in [0.1, 0.15) is 5.82 Å². The third kappa shape index (κ3) is 3.08. The molecule has 1 aliphatic carbocycles.